The van der Waals surface area contributed by atoms with Gasteiger partial charge in [-0.3, -0.25) is 0 Å². The van der Waals surface area contributed by atoms with Crippen molar-refractivity contribution in [2.75, 3.05) is 14.1 Å². The maximum absolute atomic E-state index is 4.20. The highest BCUT2D eigenvalue weighted by Crippen LogP contribution is 2.17. The van der Waals surface area contributed by atoms with Crippen molar-refractivity contribution in [3.05, 3.63) is 12.8 Å². The Bertz CT molecular complexity index is 161. The molecule has 0 rings (SSSR count). The molecule has 0 N–H and O–H groups in total. The zero-order valence-corrected chi connectivity index (χ0v) is 8.18. The second-order valence-electron chi connectivity index (χ2n) is 3.78. The Morgan fingerprint density at radius 1 is 1.36 bits per heavy atom. The zero-order valence-electron chi connectivity index (χ0n) is 8.18. The molecule has 0 fully saturated rings. The van der Waals surface area contributed by atoms with Gasteiger partial charge in [0.1, 0.15) is 5.84 Å². The van der Waals surface area contributed by atoms with Crippen molar-refractivity contribution in [1.82, 2.24) is 4.90 Å². The molecule has 0 radical (unpaired) electrons. The molecule has 0 spiro atoms. The van der Waals surface area contributed by atoms with E-state index in [1.807, 2.05) is 19.0 Å². The SMILES string of the molecule is C=C/N=C(\N(C)C)C(C)(C)C. The highest BCUT2D eigenvalue weighted by molar-refractivity contribution is 5.87. The van der Waals surface area contributed by atoms with Gasteiger partial charge in [-0.2, -0.15) is 0 Å². The normalized spacial score (nSPS) is 13.0. The molecule has 11 heavy (non-hydrogen) atoms. The third kappa shape index (κ3) is 3.21. The van der Waals surface area contributed by atoms with Gasteiger partial charge in [-0.05, 0) is 0 Å². The van der Waals surface area contributed by atoms with Gasteiger partial charge >= 0.3 is 0 Å². The van der Waals surface area contributed by atoms with Gasteiger partial charge in [0.05, 0.1) is 0 Å². The quantitative estimate of drug-likeness (QED) is 0.417. The first-order valence-corrected chi connectivity index (χ1v) is 3.76. The van der Waals surface area contributed by atoms with E-state index in [4.69, 9.17) is 0 Å². The van der Waals surface area contributed by atoms with Gasteiger partial charge in [-0.1, -0.05) is 27.4 Å². The predicted octanol–water partition coefficient (Wildman–Crippen LogP) is 2.14. The summed E-state index contributed by atoms with van der Waals surface area (Å²) in [4.78, 5) is 6.22. The smallest absolute Gasteiger partial charge is 0.109 e. The second kappa shape index (κ2) is 3.56. The summed E-state index contributed by atoms with van der Waals surface area (Å²) < 4.78 is 0. The van der Waals surface area contributed by atoms with E-state index < -0.39 is 0 Å². The van der Waals surface area contributed by atoms with Crippen LogP contribution in [0.4, 0.5) is 0 Å². The Kier molecular flexibility index (Phi) is 3.30. The summed E-state index contributed by atoms with van der Waals surface area (Å²) in [6, 6.07) is 0. The van der Waals surface area contributed by atoms with Gasteiger partial charge < -0.3 is 4.90 Å². The largest absolute Gasteiger partial charge is 0.366 e. The molecule has 0 aromatic carbocycles. The Labute approximate surface area is 69.6 Å². The fourth-order valence-corrected chi connectivity index (χ4v) is 1.07. The number of rotatable bonds is 1. The van der Waals surface area contributed by atoms with Gasteiger partial charge in [0.2, 0.25) is 0 Å². The van der Waals surface area contributed by atoms with Crippen LogP contribution in [-0.2, 0) is 0 Å². The summed E-state index contributed by atoms with van der Waals surface area (Å²) >= 11 is 0. The molecular formula is C9H18N2. The minimum atomic E-state index is 0.0949. The molecule has 0 aromatic heterocycles. The molecule has 0 aromatic rings. The third-order valence-electron chi connectivity index (χ3n) is 1.31. The molecule has 2 nitrogen and oxygen atoms in total. The number of nitrogens with zero attached hydrogens (tertiary/aromatic N) is 2. The molecule has 0 saturated carbocycles. The monoisotopic (exact) mass is 154 g/mol. The van der Waals surface area contributed by atoms with Crippen LogP contribution in [0.15, 0.2) is 17.8 Å². The molecule has 2 heteroatoms. The Balaban J connectivity index is 4.62. The lowest BCUT2D eigenvalue weighted by Crippen LogP contribution is -2.33. The first-order chi connectivity index (χ1) is 4.89. The van der Waals surface area contributed by atoms with E-state index in [0.29, 0.717) is 0 Å². The van der Waals surface area contributed by atoms with Crippen molar-refractivity contribution in [2.24, 2.45) is 10.4 Å². The zero-order chi connectivity index (χ0) is 9.07. The van der Waals surface area contributed by atoms with Crippen LogP contribution in [0, 0.1) is 5.41 Å². The lowest BCUT2D eigenvalue weighted by molar-refractivity contribution is 0.481. The van der Waals surface area contributed by atoms with E-state index in [1.165, 1.54) is 0 Å². The third-order valence-corrected chi connectivity index (χ3v) is 1.31. The topological polar surface area (TPSA) is 15.6 Å². The molecule has 0 saturated heterocycles. The molecule has 64 valence electrons. The van der Waals surface area contributed by atoms with E-state index >= 15 is 0 Å². The molecule has 0 heterocycles. The van der Waals surface area contributed by atoms with Crippen molar-refractivity contribution in [1.29, 1.82) is 0 Å². The maximum atomic E-state index is 4.20. The van der Waals surface area contributed by atoms with Crippen LogP contribution in [-0.4, -0.2) is 24.8 Å². The Morgan fingerprint density at radius 3 is 1.91 bits per heavy atom. The van der Waals surface area contributed by atoms with Crippen LogP contribution < -0.4 is 0 Å². The molecule has 0 amide bonds. The summed E-state index contributed by atoms with van der Waals surface area (Å²) in [5.74, 6) is 1.05. The number of aliphatic imine (C=N–C) groups is 1. The maximum Gasteiger partial charge on any atom is 0.109 e. The first-order valence-electron chi connectivity index (χ1n) is 3.76. The summed E-state index contributed by atoms with van der Waals surface area (Å²) in [6.07, 6.45) is 1.58. The van der Waals surface area contributed by atoms with E-state index in [0.717, 1.165) is 5.84 Å². The van der Waals surface area contributed by atoms with Crippen LogP contribution in [0.2, 0.25) is 0 Å². The minimum absolute atomic E-state index is 0.0949. The van der Waals surface area contributed by atoms with Crippen LogP contribution >= 0.6 is 0 Å². The summed E-state index contributed by atoms with van der Waals surface area (Å²) in [5.41, 5.74) is 0.0949. The molecule has 0 atom stereocenters. The van der Waals surface area contributed by atoms with Gasteiger partial charge in [-0.25, -0.2) is 4.99 Å². The fourth-order valence-electron chi connectivity index (χ4n) is 1.07. The summed E-state index contributed by atoms with van der Waals surface area (Å²) in [6.45, 7) is 9.98. The van der Waals surface area contributed by atoms with Gasteiger partial charge in [-0.15, -0.1) is 0 Å². The number of amidine groups is 1. The second-order valence-corrected chi connectivity index (χ2v) is 3.78. The predicted molar refractivity (Wildman–Crippen MR) is 50.8 cm³/mol. The average Bonchev–Trinajstić information content (AvgIpc) is 1.79. The highest BCUT2D eigenvalue weighted by atomic mass is 15.1. The molecule has 0 bridgehead atoms. The Hall–Kier alpha value is -0.790. The summed E-state index contributed by atoms with van der Waals surface area (Å²) in [7, 11) is 3.99. The van der Waals surface area contributed by atoms with E-state index in [9.17, 15) is 0 Å². The van der Waals surface area contributed by atoms with E-state index in [1.54, 1.807) is 6.20 Å². The van der Waals surface area contributed by atoms with Crippen molar-refractivity contribution in [3.63, 3.8) is 0 Å². The van der Waals surface area contributed by atoms with Crippen molar-refractivity contribution < 1.29 is 0 Å². The first kappa shape index (κ1) is 10.2. The molecule has 0 aliphatic carbocycles. The summed E-state index contributed by atoms with van der Waals surface area (Å²) in [5, 5.41) is 0. The lowest BCUT2D eigenvalue weighted by atomic mass is 9.94. The van der Waals surface area contributed by atoms with Crippen LogP contribution in [0.3, 0.4) is 0 Å². The standard InChI is InChI=1S/C9H18N2/c1-7-10-8(11(5)6)9(2,3)4/h7H,1H2,2-6H3/b10-8-. The number of hydrogen-bond donors (Lipinski definition) is 0. The van der Waals surface area contributed by atoms with Crippen molar-refractivity contribution in [2.45, 2.75) is 20.8 Å². The minimum Gasteiger partial charge on any atom is -0.366 e. The molecular weight excluding hydrogens is 136 g/mol. The van der Waals surface area contributed by atoms with E-state index in [2.05, 4.69) is 32.3 Å². The van der Waals surface area contributed by atoms with Crippen molar-refractivity contribution in [3.8, 4) is 0 Å². The van der Waals surface area contributed by atoms with Crippen LogP contribution in [0.1, 0.15) is 20.8 Å². The van der Waals surface area contributed by atoms with Gasteiger partial charge in [0.25, 0.3) is 0 Å². The Morgan fingerprint density at radius 2 is 1.82 bits per heavy atom. The highest BCUT2D eigenvalue weighted by Gasteiger charge is 2.19. The van der Waals surface area contributed by atoms with Crippen LogP contribution in [0.25, 0.3) is 0 Å². The molecule has 0 aliphatic rings. The molecule has 0 aliphatic heterocycles. The van der Waals surface area contributed by atoms with Crippen LogP contribution in [0.5, 0.6) is 0 Å². The average molecular weight is 154 g/mol. The van der Waals surface area contributed by atoms with Gasteiger partial charge in [0.15, 0.2) is 0 Å². The fraction of sp³-hybridized carbons (Fsp3) is 0.667. The number of hydrogen-bond acceptors (Lipinski definition) is 1. The van der Waals surface area contributed by atoms with Crippen molar-refractivity contribution >= 4 is 5.84 Å². The lowest BCUT2D eigenvalue weighted by Gasteiger charge is -2.27. The van der Waals surface area contributed by atoms with E-state index in [-0.39, 0.29) is 5.41 Å². The molecule has 0 unspecified atom stereocenters. The van der Waals surface area contributed by atoms with Gasteiger partial charge in [0, 0.05) is 25.7 Å².